The molecule has 1 aliphatic rings. The van der Waals surface area contributed by atoms with E-state index in [4.69, 9.17) is 11.6 Å². The molecule has 0 atom stereocenters. The van der Waals surface area contributed by atoms with Crippen LogP contribution in [-0.2, 0) is 4.79 Å². The number of carbonyl (C=O) groups excluding carboxylic acids is 1. The molecule has 7 heteroatoms. The summed E-state index contributed by atoms with van der Waals surface area (Å²) in [6.45, 7) is 9.81. The number of aryl methyl sites for hydroxylation is 1. The summed E-state index contributed by atoms with van der Waals surface area (Å²) >= 11 is 6.15. The lowest BCUT2D eigenvalue weighted by atomic mass is 10.2. The Hall–Kier alpha value is -0.520. The molecule has 0 saturated carbocycles. The van der Waals surface area contributed by atoms with Crippen molar-refractivity contribution in [2.24, 2.45) is 0 Å². The Labute approximate surface area is 162 Å². The highest BCUT2D eigenvalue weighted by molar-refractivity contribution is 6.33. The molecule has 1 aliphatic heterocycles. The SMILES string of the molecule is CCCCN1CCN(CC(=O)Nc2c(C)cccc2Cl)CC1.Cl.Cl. The van der Waals surface area contributed by atoms with E-state index in [1.807, 2.05) is 19.1 Å². The number of hydrogen-bond acceptors (Lipinski definition) is 3. The number of unbranched alkanes of at least 4 members (excludes halogenated alkanes) is 1. The molecule has 1 heterocycles. The minimum atomic E-state index is 0. The number of rotatable bonds is 6. The molecule has 0 aliphatic carbocycles. The monoisotopic (exact) mass is 395 g/mol. The third-order valence-corrected chi connectivity index (χ3v) is 4.46. The fourth-order valence-corrected chi connectivity index (χ4v) is 2.99. The standard InChI is InChI=1S/C17H26ClN3O.2ClH/c1-3-4-8-20-9-11-21(12-10-20)13-16(22)19-17-14(2)6-5-7-15(17)18;;/h5-7H,3-4,8-13H2,1-2H3,(H,19,22);2*1H. The number of hydrogen-bond donors (Lipinski definition) is 1. The van der Waals surface area contributed by atoms with Gasteiger partial charge in [-0.15, -0.1) is 24.8 Å². The summed E-state index contributed by atoms with van der Waals surface area (Å²) in [7, 11) is 0. The van der Waals surface area contributed by atoms with Gasteiger partial charge in [-0.25, -0.2) is 0 Å². The van der Waals surface area contributed by atoms with Gasteiger partial charge in [0.15, 0.2) is 0 Å². The van der Waals surface area contributed by atoms with Crippen LogP contribution in [0.1, 0.15) is 25.3 Å². The van der Waals surface area contributed by atoms with Gasteiger partial charge in [0.05, 0.1) is 17.3 Å². The van der Waals surface area contributed by atoms with E-state index in [2.05, 4.69) is 22.0 Å². The van der Waals surface area contributed by atoms with Gasteiger partial charge in [0, 0.05) is 26.2 Å². The molecule has 1 fully saturated rings. The number of piperazine rings is 1. The molecule has 138 valence electrons. The van der Waals surface area contributed by atoms with E-state index in [0.29, 0.717) is 11.6 Å². The molecule has 0 radical (unpaired) electrons. The highest BCUT2D eigenvalue weighted by Crippen LogP contribution is 2.25. The average molecular weight is 397 g/mol. The van der Waals surface area contributed by atoms with Crippen LogP contribution in [0.15, 0.2) is 18.2 Å². The Morgan fingerprint density at radius 2 is 1.79 bits per heavy atom. The number of anilines is 1. The minimum absolute atomic E-state index is 0. The van der Waals surface area contributed by atoms with Crippen LogP contribution in [0.3, 0.4) is 0 Å². The molecule has 1 aromatic carbocycles. The maximum atomic E-state index is 12.2. The fourth-order valence-electron chi connectivity index (χ4n) is 2.73. The van der Waals surface area contributed by atoms with Gasteiger partial charge in [0.25, 0.3) is 0 Å². The van der Waals surface area contributed by atoms with Gasteiger partial charge in [0.1, 0.15) is 0 Å². The van der Waals surface area contributed by atoms with Gasteiger partial charge in [-0.2, -0.15) is 0 Å². The maximum Gasteiger partial charge on any atom is 0.238 e. The second-order valence-electron chi connectivity index (χ2n) is 5.95. The second-order valence-corrected chi connectivity index (χ2v) is 6.36. The van der Waals surface area contributed by atoms with Crippen molar-refractivity contribution in [1.29, 1.82) is 0 Å². The summed E-state index contributed by atoms with van der Waals surface area (Å²) in [5.74, 6) is 0.0122. The lowest BCUT2D eigenvalue weighted by Crippen LogP contribution is -2.48. The van der Waals surface area contributed by atoms with Crippen LogP contribution in [0, 0.1) is 6.92 Å². The molecule has 1 amide bonds. The van der Waals surface area contributed by atoms with Crippen LogP contribution < -0.4 is 5.32 Å². The fraction of sp³-hybridized carbons (Fsp3) is 0.588. The van der Waals surface area contributed by atoms with Gasteiger partial charge < -0.3 is 10.2 Å². The van der Waals surface area contributed by atoms with Gasteiger partial charge in [-0.05, 0) is 31.5 Å². The van der Waals surface area contributed by atoms with E-state index in [9.17, 15) is 4.79 Å². The first-order valence-corrected chi connectivity index (χ1v) is 8.47. The molecule has 1 N–H and O–H groups in total. The van der Waals surface area contributed by atoms with Crippen molar-refractivity contribution in [3.05, 3.63) is 28.8 Å². The first-order chi connectivity index (χ1) is 10.6. The summed E-state index contributed by atoms with van der Waals surface area (Å²) < 4.78 is 0. The molecule has 1 aromatic rings. The number of para-hydroxylation sites is 1. The molecule has 4 nitrogen and oxygen atoms in total. The third-order valence-electron chi connectivity index (χ3n) is 4.15. The van der Waals surface area contributed by atoms with E-state index in [1.54, 1.807) is 6.07 Å². The van der Waals surface area contributed by atoms with E-state index in [-0.39, 0.29) is 30.7 Å². The summed E-state index contributed by atoms with van der Waals surface area (Å²) in [5.41, 5.74) is 1.72. The third kappa shape index (κ3) is 7.16. The van der Waals surface area contributed by atoms with Gasteiger partial charge >= 0.3 is 0 Å². The Kier molecular flexibility index (Phi) is 11.7. The Morgan fingerprint density at radius 3 is 2.38 bits per heavy atom. The topological polar surface area (TPSA) is 35.6 Å². The zero-order valence-electron chi connectivity index (χ0n) is 14.4. The molecule has 1 saturated heterocycles. The highest BCUT2D eigenvalue weighted by atomic mass is 35.5. The van der Waals surface area contributed by atoms with Crippen LogP contribution in [0.25, 0.3) is 0 Å². The van der Waals surface area contributed by atoms with Crippen molar-refractivity contribution in [1.82, 2.24) is 9.80 Å². The summed E-state index contributed by atoms with van der Waals surface area (Å²) in [5, 5.41) is 3.54. The van der Waals surface area contributed by atoms with Crippen molar-refractivity contribution < 1.29 is 4.79 Å². The molecule has 0 aromatic heterocycles. The van der Waals surface area contributed by atoms with Crippen molar-refractivity contribution >= 4 is 48.0 Å². The normalized spacial score (nSPS) is 15.3. The zero-order valence-corrected chi connectivity index (χ0v) is 16.8. The quantitative estimate of drug-likeness (QED) is 0.793. The van der Waals surface area contributed by atoms with E-state index in [1.165, 1.54) is 19.4 Å². The van der Waals surface area contributed by atoms with Crippen LogP contribution in [-0.4, -0.2) is 55.0 Å². The van der Waals surface area contributed by atoms with Gasteiger partial charge in [-0.1, -0.05) is 37.1 Å². The van der Waals surface area contributed by atoms with Crippen molar-refractivity contribution in [2.75, 3.05) is 44.6 Å². The van der Waals surface area contributed by atoms with Crippen LogP contribution in [0.2, 0.25) is 5.02 Å². The van der Waals surface area contributed by atoms with Gasteiger partial charge in [0.2, 0.25) is 5.91 Å². The van der Waals surface area contributed by atoms with Crippen molar-refractivity contribution in [3.63, 3.8) is 0 Å². The van der Waals surface area contributed by atoms with Crippen LogP contribution >= 0.6 is 36.4 Å². The van der Waals surface area contributed by atoms with E-state index >= 15 is 0 Å². The van der Waals surface area contributed by atoms with E-state index in [0.717, 1.165) is 37.4 Å². The Bertz CT molecular complexity index is 486. The molecule has 0 bridgehead atoms. The molecule has 0 spiro atoms. The molecule has 24 heavy (non-hydrogen) atoms. The number of carbonyl (C=O) groups is 1. The predicted octanol–water partition coefficient (Wildman–Crippen LogP) is 3.85. The highest BCUT2D eigenvalue weighted by Gasteiger charge is 2.19. The predicted molar refractivity (Wildman–Crippen MR) is 107 cm³/mol. The minimum Gasteiger partial charge on any atom is -0.323 e. The first kappa shape index (κ1) is 23.5. The molecule has 2 rings (SSSR count). The molecular weight excluding hydrogens is 369 g/mol. The summed E-state index contributed by atoms with van der Waals surface area (Å²) in [6, 6.07) is 5.65. The van der Waals surface area contributed by atoms with Crippen LogP contribution in [0.4, 0.5) is 5.69 Å². The number of halogens is 3. The lowest BCUT2D eigenvalue weighted by molar-refractivity contribution is -0.117. The van der Waals surface area contributed by atoms with Crippen molar-refractivity contribution in [2.45, 2.75) is 26.7 Å². The number of benzene rings is 1. The van der Waals surface area contributed by atoms with Crippen LogP contribution in [0.5, 0.6) is 0 Å². The van der Waals surface area contributed by atoms with Gasteiger partial charge in [-0.3, -0.25) is 9.69 Å². The smallest absolute Gasteiger partial charge is 0.238 e. The number of nitrogens with one attached hydrogen (secondary N) is 1. The number of nitrogens with zero attached hydrogens (tertiary/aromatic N) is 2. The zero-order chi connectivity index (χ0) is 15.9. The van der Waals surface area contributed by atoms with Crippen molar-refractivity contribution in [3.8, 4) is 0 Å². The summed E-state index contributed by atoms with van der Waals surface area (Å²) in [6.07, 6.45) is 2.49. The maximum absolute atomic E-state index is 12.2. The lowest BCUT2D eigenvalue weighted by Gasteiger charge is -2.34. The summed E-state index contributed by atoms with van der Waals surface area (Å²) in [4.78, 5) is 16.9. The second kappa shape index (κ2) is 11.9. The Morgan fingerprint density at radius 1 is 1.17 bits per heavy atom. The number of amides is 1. The first-order valence-electron chi connectivity index (χ1n) is 8.10. The van der Waals surface area contributed by atoms with E-state index < -0.39 is 0 Å². The Balaban J connectivity index is 0.00000264. The molecule has 0 unspecified atom stereocenters. The largest absolute Gasteiger partial charge is 0.323 e. The molecular formula is C17H28Cl3N3O. The average Bonchev–Trinajstić information content (AvgIpc) is 2.50.